The molecule has 16 heavy (non-hydrogen) atoms. The van der Waals surface area contributed by atoms with Gasteiger partial charge < -0.3 is 5.32 Å². The van der Waals surface area contributed by atoms with Gasteiger partial charge in [-0.2, -0.15) is 0 Å². The van der Waals surface area contributed by atoms with Crippen molar-refractivity contribution in [1.82, 2.24) is 5.32 Å². The number of amides is 1. The Bertz CT molecular complexity index is 465. The third kappa shape index (κ3) is 4.30. The highest BCUT2D eigenvalue weighted by Gasteiger charge is 2.09. The number of carbonyl (C=O) groups excluding carboxylic acids is 1. The number of nitrogens with two attached hydrogens (primary N) is 1. The molecule has 3 N–H and O–H groups in total. The number of rotatable bonds is 5. The molecule has 0 aliphatic heterocycles. The van der Waals surface area contributed by atoms with Crippen molar-refractivity contribution in [3.05, 3.63) is 21.9 Å². The fourth-order valence-electron chi connectivity index (χ4n) is 1.08. The van der Waals surface area contributed by atoms with Gasteiger partial charge in [-0.3, -0.25) is 4.79 Å². The molecule has 0 unspecified atom stereocenters. The van der Waals surface area contributed by atoms with Gasteiger partial charge in [0.15, 0.2) is 0 Å². The van der Waals surface area contributed by atoms with Crippen LogP contribution in [0.2, 0.25) is 0 Å². The predicted octanol–water partition coefficient (Wildman–Crippen LogP) is 0.329. The van der Waals surface area contributed by atoms with E-state index in [1.54, 1.807) is 6.07 Å². The Balaban J connectivity index is 2.47. The molecule has 1 aromatic heterocycles. The maximum atomic E-state index is 11.5. The first-order valence-corrected chi connectivity index (χ1v) is 7.33. The molecule has 0 aliphatic carbocycles. The maximum absolute atomic E-state index is 11.5. The molecule has 0 atom stereocenters. The molecule has 0 spiro atoms. The number of carbonyl (C=O) groups is 1. The lowest BCUT2D eigenvalue weighted by Crippen LogP contribution is -2.31. The van der Waals surface area contributed by atoms with Crippen LogP contribution in [0.3, 0.4) is 0 Å². The molecule has 0 fully saturated rings. The minimum atomic E-state index is -3.51. The molecule has 90 valence electrons. The van der Waals surface area contributed by atoms with E-state index in [2.05, 4.69) is 5.32 Å². The zero-order valence-corrected chi connectivity index (χ0v) is 10.5. The van der Waals surface area contributed by atoms with E-state index < -0.39 is 10.0 Å². The molecule has 7 heteroatoms. The van der Waals surface area contributed by atoms with Crippen LogP contribution < -0.4 is 10.5 Å². The standard InChI is InChI=1S/C9H14N2O3S2/c1-2-7-3-4-8(15-7)9(12)11-5-6-16(10,13)14/h3-4H,2,5-6H2,1H3,(H,11,12)(H2,10,13,14). The lowest BCUT2D eigenvalue weighted by Gasteiger charge is -2.01. The van der Waals surface area contributed by atoms with Gasteiger partial charge in [0.05, 0.1) is 10.6 Å². The Morgan fingerprint density at radius 3 is 2.69 bits per heavy atom. The lowest BCUT2D eigenvalue weighted by atomic mass is 10.3. The normalized spacial score (nSPS) is 11.4. The zero-order chi connectivity index (χ0) is 12.2. The summed E-state index contributed by atoms with van der Waals surface area (Å²) in [7, 11) is -3.51. The van der Waals surface area contributed by atoms with Crippen molar-refractivity contribution in [1.29, 1.82) is 0 Å². The molecule has 1 aromatic rings. The van der Waals surface area contributed by atoms with Crippen LogP contribution in [-0.4, -0.2) is 26.6 Å². The van der Waals surface area contributed by atoms with E-state index in [0.717, 1.165) is 11.3 Å². The monoisotopic (exact) mass is 262 g/mol. The van der Waals surface area contributed by atoms with Gasteiger partial charge in [-0.05, 0) is 18.6 Å². The van der Waals surface area contributed by atoms with Crippen molar-refractivity contribution in [3.8, 4) is 0 Å². The van der Waals surface area contributed by atoms with E-state index >= 15 is 0 Å². The van der Waals surface area contributed by atoms with Crippen LogP contribution in [0.1, 0.15) is 21.5 Å². The average Bonchev–Trinajstić information content (AvgIpc) is 2.63. The minimum Gasteiger partial charge on any atom is -0.350 e. The molecule has 0 saturated carbocycles. The van der Waals surface area contributed by atoms with Crippen LogP contribution in [-0.2, 0) is 16.4 Å². The molecule has 0 bridgehead atoms. The smallest absolute Gasteiger partial charge is 0.261 e. The van der Waals surface area contributed by atoms with Gasteiger partial charge in [0, 0.05) is 11.4 Å². The highest BCUT2D eigenvalue weighted by molar-refractivity contribution is 7.89. The zero-order valence-electron chi connectivity index (χ0n) is 8.89. The van der Waals surface area contributed by atoms with Crippen molar-refractivity contribution in [2.45, 2.75) is 13.3 Å². The van der Waals surface area contributed by atoms with Crippen LogP contribution in [0.5, 0.6) is 0 Å². The molecular weight excluding hydrogens is 248 g/mol. The summed E-state index contributed by atoms with van der Waals surface area (Å²) in [5, 5.41) is 7.31. The number of sulfonamides is 1. The lowest BCUT2D eigenvalue weighted by molar-refractivity contribution is 0.0960. The van der Waals surface area contributed by atoms with E-state index in [9.17, 15) is 13.2 Å². The van der Waals surface area contributed by atoms with E-state index in [1.165, 1.54) is 11.3 Å². The summed E-state index contributed by atoms with van der Waals surface area (Å²) >= 11 is 1.41. The number of thiophene rings is 1. The first kappa shape index (κ1) is 13.1. The molecule has 1 rings (SSSR count). The third-order valence-corrected chi connectivity index (χ3v) is 3.91. The van der Waals surface area contributed by atoms with Gasteiger partial charge >= 0.3 is 0 Å². The Kier molecular flexibility index (Phi) is 4.45. The molecule has 1 amide bonds. The number of nitrogens with one attached hydrogen (secondary N) is 1. The summed E-state index contributed by atoms with van der Waals surface area (Å²) in [4.78, 5) is 13.2. The Morgan fingerprint density at radius 1 is 1.50 bits per heavy atom. The second-order valence-electron chi connectivity index (χ2n) is 3.24. The van der Waals surface area contributed by atoms with Crippen molar-refractivity contribution < 1.29 is 13.2 Å². The topological polar surface area (TPSA) is 89.3 Å². The molecule has 1 heterocycles. The highest BCUT2D eigenvalue weighted by atomic mass is 32.2. The van der Waals surface area contributed by atoms with Gasteiger partial charge in [-0.1, -0.05) is 6.92 Å². The SMILES string of the molecule is CCc1ccc(C(=O)NCCS(N)(=O)=O)s1. The summed E-state index contributed by atoms with van der Waals surface area (Å²) in [6.07, 6.45) is 0.884. The second kappa shape index (κ2) is 5.42. The van der Waals surface area contributed by atoms with Gasteiger partial charge in [-0.15, -0.1) is 11.3 Å². The quantitative estimate of drug-likeness (QED) is 0.801. The summed E-state index contributed by atoms with van der Waals surface area (Å²) in [6, 6.07) is 3.62. The third-order valence-electron chi connectivity index (χ3n) is 1.91. The van der Waals surface area contributed by atoms with Crippen molar-refractivity contribution in [2.75, 3.05) is 12.3 Å². The Hall–Kier alpha value is -0.920. The van der Waals surface area contributed by atoms with Crippen LogP contribution in [0.25, 0.3) is 0 Å². The molecule has 0 aliphatic rings. The summed E-state index contributed by atoms with van der Waals surface area (Å²) in [5.74, 6) is -0.501. The number of aryl methyl sites for hydroxylation is 1. The first-order chi connectivity index (χ1) is 7.42. The van der Waals surface area contributed by atoms with Gasteiger partial charge in [0.25, 0.3) is 5.91 Å². The van der Waals surface area contributed by atoms with Gasteiger partial charge in [-0.25, -0.2) is 13.6 Å². The maximum Gasteiger partial charge on any atom is 0.261 e. The van der Waals surface area contributed by atoms with Crippen LogP contribution >= 0.6 is 11.3 Å². The molecule has 5 nitrogen and oxygen atoms in total. The van der Waals surface area contributed by atoms with Crippen molar-refractivity contribution in [3.63, 3.8) is 0 Å². The molecule has 0 radical (unpaired) electrons. The minimum absolute atomic E-state index is 0.0387. The molecule has 0 saturated heterocycles. The van der Waals surface area contributed by atoms with Crippen LogP contribution in [0.15, 0.2) is 12.1 Å². The van der Waals surface area contributed by atoms with E-state index in [1.807, 2.05) is 13.0 Å². The summed E-state index contributed by atoms with van der Waals surface area (Å²) in [6.45, 7) is 2.05. The van der Waals surface area contributed by atoms with Crippen LogP contribution in [0.4, 0.5) is 0 Å². The summed E-state index contributed by atoms with van der Waals surface area (Å²) < 4.78 is 21.3. The highest BCUT2D eigenvalue weighted by Crippen LogP contribution is 2.16. The van der Waals surface area contributed by atoms with Crippen molar-refractivity contribution in [2.24, 2.45) is 5.14 Å². The van der Waals surface area contributed by atoms with E-state index in [4.69, 9.17) is 5.14 Å². The largest absolute Gasteiger partial charge is 0.350 e. The van der Waals surface area contributed by atoms with Crippen LogP contribution in [0, 0.1) is 0 Å². The van der Waals surface area contributed by atoms with Gasteiger partial charge in [0.1, 0.15) is 0 Å². The number of primary sulfonamides is 1. The predicted molar refractivity (Wildman–Crippen MR) is 64.0 cm³/mol. The molecule has 0 aromatic carbocycles. The Morgan fingerprint density at radius 2 is 2.19 bits per heavy atom. The number of hydrogen-bond acceptors (Lipinski definition) is 4. The number of hydrogen-bond donors (Lipinski definition) is 2. The van der Waals surface area contributed by atoms with E-state index in [-0.39, 0.29) is 18.2 Å². The Labute approximate surface area is 98.7 Å². The molecular formula is C9H14N2O3S2. The summed E-state index contributed by atoms with van der Waals surface area (Å²) in [5.41, 5.74) is 0. The van der Waals surface area contributed by atoms with E-state index in [0.29, 0.717) is 4.88 Å². The average molecular weight is 262 g/mol. The second-order valence-corrected chi connectivity index (χ2v) is 6.14. The van der Waals surface area contributed by atoms with Gasteiger partial charge in [0.2, 0.25) is 10.0 Å². The van der Waals surface area contributed by atoms with Crippen molar-refractivity contribution >= 4 is 27.3 Å². The fourth-order valence-corrected chi connectivity index (χ4v) is 2.33. The fraction of sp³-hybridized carbons (Fsp3) is 0.444. The first-order valence-electron chi connectivity index (χ1n) is 4.79.